The van der Waals surface area contributed by atoms with Gasteiger partial charge in [-0.05, 0) is 41.3 Å². The molecule has 4 heterocycles. The highest BCUT2D eigenvalue weighted by Crippen LogP contribution is 2.52. The number of benzene rings is 2. The number of fused-ring (bicyclic) bond motifs is 2. The Kier molecular flexibility index (Phi) is 5.65. The van der Waals surface area contributed by atoms with Gasteiger partial charge in [0, 0.05) is 17.4 Å². The number of hydrogen-bond acceptors (Lipinski definition) is 9. The van der Waals surface area contributed by atoms with Gasteiger partial charge in [0.15, 0.2) is 11.5 Å². The topological polar surface area (TPSA) is 114 Å². The first kappa shape index (κ1) is 23.5. The van der Waals surface area contributed by atoms with Gasteiger partial charge >= 0.3 is 5.97 Å². The Hall–Kier alpha value is -3.89. The third kappa shape index (κ3) is 3.67. The molecule has 0 radical (unpaired) electrons. The number of rotatable bonds is 5. The standard InChI is InChI=1S/C27H24N2O7S/c1-34-26(33)27(14-15-4-7-17(30)8-5-15)22-21(23(28-27)20-3-2-12-37-20)24(31)29(25(22)32)16-6-9-18-19(13-16)36-11-10-35-18/h2-9,12-13,21-23,28,30H,10-11,14H2,1H3/t21-,22-,23-,27+/m0/s1. The number of esters is 1. The van der Waals surface area contributed by atoms with Gasteiger partial charge < -0.3 is 19.3 Å². The zero-order valence-corrected chi connectivity index (χ0v) is 20.7. The van der Waals surface area contributed by atoms with Crippen molar-refractivity contribution < 1.29 is 33.7 Å². The van der Waals surface area contributed by atoms with Gasteiger partial charge in [-0.2, -0.15) is 0 Å². The first-order chi connectivity index (χ1) is 17.9. The van der Waals surface area contributed by atoms with E-state index < -0.39 is 41.2 Å². The molecule has 4 atom stereocenters. The number of phenols is 1. The summed E-state index contributed by atoms with van der Waals surface area (Å²) < 4.78 is 16.5. The number of hydrogen-bond donors (Lipinski definition) is 2. The van der Waals surface area contributed by atoms with Crippen LogP contribution in [0.25, 0.3) is 0 Å². The van der Waals surface area contributed by atoms with Crippen LogP contribution in [-0.4, -0.2) is 48.8 Å². The molecular weight excluding hydrogens is 496 g/mol. The molecule has 2 aromatic carbocycles. The number of imide groups is 1. The van der Waals surface area contributed by atoms with Crippen molar-refractivity contribution in [3.8, 4) is 17.2 Å². The summed E-state index contributed by atoms with van der Waals surface area (Å²) in [6, 6.07) is 14.6. The highest BCUT2D eigenvalue weighted by molar-refractivity contribution is 7.10. The summed E-state index contributed by atoms with van der Waals surface area (Å²) in [4.78, 5) is 43.6. The largest absolute Gasteiger partial charge is 0.508 e. The smallest absolute Gasteiger partial charge is 0.327 e. The predicted molar refractivity (Wildman–Crippen MR) is 134 cm³/mol. The molecule has 2 saturated heterocycles. The molecule has 3 aliphatic rings. The minimum Gasteiger partial charge on any atom is -0.508 e. The van der Waals surface area contributed by atoms with Crippen LogP contribution in [0.5, 0.6) is 17.2 Å². The molecule has 0 spiro atoms. The number of nitrogens with one attached hydrogen (secondary N) is 1. The van der Waals surface area contributed by atoms with E-state index in [1.807, 2.05) is 17.5 Å². The molecule has 37 heavy (non-hydrogen) atoms. The minimum absolute atomic E-state index is 0.0847. The zero-order valence-electron chi connectivity index (χ0n) is 19.9. The quantitative estimate of drug-likeness (QED) is 0.390. The van der Waals surface area contributed by atoms with Gasteiger partial charge in [0.2, 0.25) is 11.8 Å². The Labute approximate surface area is 216 Å². The van der Waals surface area contributed by atoms with E-state index in [0.29, 0.717) is 36.0 Å². The lowest BCUT2D eigenvalue weighted by atomic mass is 9.76. The third-order valence-corrected chi connectivity index (χ3v) is 8.21. The molecule has 10 heteroatoms. The molecular formula is C27H24N2O7S. The number of nitrogens with zero attached hydrogens (tertiary/aromatic N) is 1. The first-order valence-corrected chi connectivity index (χ1v) is 12.8. The van der Waals surface area contributed by atoms with Gasteiger partial charge in [-0.3, -0.25) is 19.7 Å². The molecule has 0 unspecified atom stereocenters. The summed E-state index contributed by atoms with van der Waals surface area (Å²) in [7, 11) is 1.27. The van der Waals surface area contributed by atoms with E-state index in [0.717, 1.165) is 9.78 Å². The molecule has 0 bridgehead atoms. The van der Waals surface area contributed by atoms with E-state index in [4.69, 9.17) is 14.2 Å². The minimum atomic E-state index is -1.50. The number of phenolic OH excluding ortho intramolecular Hbond substituents is 1. The number of anilines is 1. The summed E-state index contributed by atoms with van der Waals surface area (Å²) in [6.45, 7) is 0.789. The van der Waals surface area contributed by atoms with Gasteiger partial charge in [0.25, 0.3) is 0 Å². The van der Waals surface area contributed by atoms with Gasteiger partial charge in [-0.25, -0.2) is 4.90 Å². The van der Waals surface area contributed by atoms with Crippen LogP contribution in [0.15, 0.2) is 60.0 Å². The van der Waals surface area contributed by atoms with Crippen LogP contribution in [0.1, 0.15) is 16.5 Å². The Morgan fingerprint density at radius 1 is 1.11 bits per heavy atom. The van der Waals surface area contributed by atoms with E-state index in [9.17, 15) is 19.5 Å². The van der Waals surface area contributed by atoms with Crippen LogP contribution in [0.2, 0.25) is 0 Å². The summed E-state index contributed by atoms with van der Waals surface area (Å²) in [6.07, 6.45) is 0.0942. The van der Waals surface area contributed by atoms with Gasteiger partial charge in [-0.15, -0.1) is 11.3 Å². The summed E-state index contributed by atoms with van der Waals surface area (Å²) >= 11 is 1.45. The number of aromatic hydroxyl groups is 1. The Morgan fingerprint density at radius 2 is 1.86 bits per heavy atom. The van der Waals surface area contributed by atoms with Gasteiger partial charge in [-0.1, -0.05) is 18.2 Å². The summed E-state index contributed by atoms with van der Waals surface area (Å²) in [5.74, 6) is -2.25. The van der Waals surface area contributed by atoms with Crippen molar-refractivity contribution in [2.45, 2.75) is 18.0 Å². The van der Waals surface area contributed by atoms with Crippen LogP contribution >= 0.6 is 11.3 Å². The molecule has 0 saturated carbocycles. The van der Waals surface area contributed by atoms with Gasteiger partial charge in [0.05, 0.1) is 30.7 Å². The SMILES string of the molecule is COC(=O)[C@]1(Cc2ccc(O)cc2)N[C@@H](c2cccs2)[C@H]2C(=O)N(c3ccc4c(c3)OCCO4)C(=O)[C@H]21. The van der Waals surface area contributed by atoms with Crippen LogP contribution in [0.3, 0.4) is 0 Å². The molecule has 2 amide bonds. The normalized spacial score (nSPS) is 26.3. The number of methoxy groups -OCH3 is 1. The maximum atomic E-state index is 14.1. The van der Waals surface area contributed by atoms with E-state index in [2.05, 4.69) is 5.32 Å². The number of thiophene rings is 1. The Morgan fingerprint density at radius 3 is 2.57 bits per heavy atom. The average molecular weight is 521 g/mol. The molecule has 6 rings (SSSR count). The first-order valence-electron chi connectivity index (χ1n) is 11.9. The van der Waals surface area contributed by atoms with Crippen molar-refractivity contribution in [2.75, 3.05) is 25.2 Å². The molecule has 3 aromatic rings. The Bertz CT molecular complexity index is 1370. The number of amides is 2. The summed E-state index contributed by atoms with van der Waals surface area (Å²) in [5.41, 5.74) is -0.429. The second-order valence-corrected chi connectivity index (χ2v) is 10.3. The lowest BCUT2D eigenvalue weighted by Crippen LogP contribution is -2.57. The molecule has 190 valence electrons. The number of ether oxygens (including phenoxy) is 3. The number of carbonyl (C=O) groups is 3. The second-order valence-electron chi connectivity index (χ2n) is 9.29. The molecule has 3 aliphatic heterocycles. The highest BCUT2D eigenvalue weighted by atomic mass is 32.1. The fourth-order valence-corrected chi connectivity index (χ4v) is 6.50. The second kappa shape index (κ2) is 8.89. The van der Waals surface area contributed by atoms with Crippen LogP contribution < -0.4 is 19.7 Å². The maximum Gasteiger partial charge on any atom is 0.327 e. The van der Waals surface area contributed by atoms with Crippen molar-refractivity contribution in [3.63, 3.8) is 0 Å². The van der Waals surface area contributed by atoms with Crippen molar-refractivity contribution in [2.24, 2.45) is 11.8 Å². The van der Waals surface area contributed by atoms with Crippen molar-refractivity contribution in [1.29, 1.82) is 0 Å². The molecule has 2 N–H and O–H groups in total. The van der Waals surface area contributed by atoms with E-state index >= 15 is 0 Å². The van der Waals surface area contributed by atoms with Gasteiger partial charge in [0.1, 0.15) is 24.5 Å². The molecule has 0 aliphatic carbocycles. The highest BCUT2D eigenvalue weighted by Gasteiger charge is 2.69. The Balaban J connectivity index is 1.47. The fourth-order valence-electron chi connectivity index (χ4n) is 5.68. The molecule has 1 aromatic heterocycles. The van der Waals surface area contributed by atoms with Crippen LogP contribution in [0, 0.1) is 11.8 Å². The van der Waals surface area contributed by atoms with Crippen LogP contribution in [0.4, 0.5) is 5.69 Å². The monoisotopic (exact) mass is 520 g/mol. The number of carbonyl (C=O) groups excluding carboxylic acids is 3. The van der Waals surface area contributed by atoms with E-state index in [1.165, 1.54) is 30.6 Å². The lowest BCUT2D eigenvalue weighted by Gasteiger charge is -2.32. The molecule has 9 nitrogen and oxygen atoms in total. The predicted octanol–water partition coefficient (Wildman–Crippen LogP) is 2.83. The summed E-state index contributed by atoms with van der Waals surface area (Å²) in [5, 5.41) is 15.0. The molecule has 2 fully saturated rings. The lowest BCUT2D eigenvalue weighted by molar-refractivity contribution is -0.152. The van der Waals surface area contributed by atoms with Crippen molar-refractivity contribution >= 4 is 34.8 Å². The maximum absolute atomic E-state index is 14.1. The zero-order chi connectivity index (χ0) is 25.7. The van der Waals surface area contributed by atoms with E-state index in [-0.39, 0.29) is 12.2 Å². The van der Waals surface area contributed by atoms with Crippen molar-refractivity contribution in [1.82, 2.24) is 5.32 Å². The van der Waals surface area contributed by atoms with Crippen molar-refractivity contribution in [3.05, 3.63) is 70.4 Å². The third-order valence-electron chi connectivity index (χ3n) is 7.26. The fraction of sp³-hybridized carbons (Fsp3) is 0.296. The van der Waals surface area contributed by atoms with Crippen LogP contribution in [-0.2, 0) is 25.5 Å². The average Bonchev–Trinajstić information content (AvgIpc) is 3.62. The van der Waals surface area contributed by atoms with E-state index in [1.54, 1.807) is 30.3 Å².